The fourth-order valence-corrected chi connectivity index (χ4v) is 1.92. The second-order valence-electron chi connectivity index (χ2n) is 5.40. The summed E-state index contributed by atoms with van der Waals surface area (Å²) in [6.45, 7) is 12.4. The number of para-hydroxylation sites is 1. The summed E-state index contributed by atoms with van der Waals surface area (Å²) in [4.78, 5) is 0. The Kier molecular flexibility index (Phi) is 8.05. The minimum atomic E-state index is -0.537. The number of aliphatic hydroxyl groups is 1. The molecular formula is C17H27NO3. The van der Waals surface area contributed by atoms with Gasteiger partial charge in [-0.1, -0.05) is 30.4 Å². The van der Waals surface area contributed by atoms with Gasteiger partial charge in [0.05, 0.1) is 13.2 Å². The zero-order chi connectivity index (χ0) is 15.7. The molecule has 0 fully saturated rings. The first-order valence-electron chi connectivity index (χ1n) is 7.30. The number of nitrogens with one attached hydrogen (secondary N) is 1. The van der Waals surface area contributed by atoms with Crippen molar-refractivity contribution in [2.75, 3.05) is 32.9 Å². The van der Waals surface area contributed by atoms with E-state index in [9.17, 15) is 5.11 Å². The maximum atomic E-state index is 9.89. The average molecular weight is 293 g/mol. The maximum absolute atomic E-state index is 9.89. The molecule has 1 atom stereocenters. The summed E-state index contributed by atoms with van der Waals surface area (Å²) in [5.74, 6) is 0.862. The largest absolute Gasteiger partial charge is 0.490 e. The molecule has 1 unspecified atom stereocenters. The quantitative estimate of drug-likeness (QED) is 0.513. The Labute approximate surface area is 127 Å². The molecule has 0 aliphatic heterocycles. The molecule has 0 spiro atoms. The highest BCUT2D eigenvalue weighted by Crippen LogP contribution is 2.22. The van der Waals surface area contributed by atoms with Gasteiger partial charge in [-0.3, -0.25) is 0 Å². The lowest BCUT2D eigenvalue weighted by Crippen LogP contribution is -2.33. The Morgan fingerprint density at radius 2 is 2.00 bits per heavy atom. The predicted octanol–water partition coefficient (Wildman–Crippen LogP) is 2.23. The average Bonchev–Trinajstić information content (AvgIpc) is 2.41. The molecule has 0 saturated heterocycles. The van der Waals surface area contributed by atoms with Gasteiger partial charge >= 0.3 is 0 Å². The summed E-state index contributed by atoms with van der Waals surface area (Å²) in [7, 11) is 0. The topological polar surface area (TPSA) is 50.7 Å². The van der Waals surface area contributed by atoms with Crippen LogP contribution < -0.4 is 10.1 Å². The lowest BCUT2D eigenvalue weighted by atomic mass is 10.1. The summed E-state index contributed by atoms with van der Waals surface area (Å²) in [6, 6.07) is 6.01. The maximum Gasteiger partial charge on any atom is 0.125 e. The van der Waals surface area contributed by atoms with Crippen molar-refractivity contribution in [3.8, 4) is 5.75 Å². The molecule has 4 heteroatoms. The Morgan fingerprint density at radius 1 is 1.33 bits per heavy atom. The standard InChI is InChI=1S/C17H27NO3/c1-13(2)11-20-9-8-18-10-16(19)12-21-17-14(3)6-5-7-15(17)4/h5-7,16,18-19H,1,8-12H2,2-4H3. The Balaban J connectivity index is 2.17. The molecule has 0 bridgehead atoms. The van der Waals surface area contributed by atoms with Crippen molar-refractivity contribution in [1.29, 1.82) is 0 Å². The van der Waals surface area contributed by atoms with E-state index in [1.807, 2.05) is 39.0 Å². The van der Waals surface area contributed by atoms with E-state index in [1.54, 1.807) is 0 Å². The molecule has 0 aromatic heterocycles. The minimum Gasteiger partial charge on any atom is -0.490 e. The lowest BCUT2D eigenvalue weighted by Gasteiger charge is -2.16. The molecule has 21 heavy (non-hydrogen) atoms. The minimum absolute atomic E-state index is 0.283. The van der Waals surface area contributed by atoms with Crippen LogP contribution in [0.15, 0.2) is 30.4 Å². The molecule has 0 aliphatic carbocycles. The Hall–Kier alpha value is -1.36. The monoisotopic (exact) mass is 293 g/mol. The third-order valence-corrected chi connectivity index (χ3v) is 2.98. The first-order chi connectivity index (χ1) is 10.0. The van der Waals surface area contributed by atoms with Crippen molar-refractivity contribution in [3.63, 3.8) is 0 Å². The molecule has 0 amide bonds. The second-order valence-corrected chi connectivity index (χ2v) is 5.40. The number of hydrogen-bond donors (Lipinski definition) is 2. The number of ether oxygens (including phenoxy) is 2. The van der Waals surface area contributed by atoms with Crippen LogP contribution in [0.25, 0.3) is 0 Å². The Bertz CT molecular complexity index is 425. The van der Waals surface area contributed by atoms with Crippen LogP contribution in [0.5, 0.6) is 5.75 Å². The van der Waals surface area contributed by atoms with E-state index in [4.69, 9.17) is 9.47 Å². The zero-order valence-electron chi connectivity index (χ0n) is 13.3. The van der Waals surface area contributed by atoms with Gasteiger partial charge in [0, 0.05) is 13.1 Å². The molecule has 118 valence electrons. The number of hydrogen-bond acceptors (Lipinski definition) is 4. The van der Waals surface area contributed by atoms with Crippen LogP contribution in [0.3, 0.4) is 0 Å². The van der Waals surface area contributed by atoms with Crippen LogP contribution >= 0.6 is 0 Å². The third-order valence-electron chi connectivity index (χ3n) is 2.98. The van der Waals surface area contributed by atoms with Gasteiger partial charge in [-0.25, -0.2) is 0 Å². The van der Waals surface area contributed by atoms with Crippen molar-refractivity contribution in [1.82, 2.24) is 5.32 Å². The molecule has 0 saturated carbocycles. The smallest absolute Gasteiger partial charge is 0.125 e. The van der Waals surface area contributed by atoms with Crippen LogP contribution in [-0.4, -0.2) is 44.1 Å². The van der Waals surface area contributed by atoms with Gasteiger partial charge in [0.15, 0.2) is 0 Å². The van der Waals surface area contributed by atoms with Crippen LogP contribution in [0.4, 0.5) is 0 Å². The normalized spacial score (nSPS) is 12.2. The summed E-state index contributed by atoms with van der Waals surface area (Å²) in [6.07, 6.45) is -0.537. The van der Waals surface area contributed by atoms with Crippen LogP contribution in [-0.2, 0) is 4.74 Å². The molecule has 4 nitrogen and oxygen atoms in total. The van der Waals surface area contributed by atoms with E-state index in [0.29, 0.717) is 26.3 Å². The fraction of sp³-hybridized carbons (Fsp3) is 0.529. The zero-order valence-corrected chi connectivity index (χ0v) is 13.3. The van der Waals surface area contributed by atoms with E-state index in [2.05, 4.69) is 11.9 Å². The van der Waals surface area contributed by atoms with Gasteiger partial charge < -0.3 is 19.9 Å². The summed E-state index contributed by atoms with van der Waals surface area (Å²) < 4.78 is 11.1. The lowest BCUT2D eigenvalue weighted by molar-refractivity contribution is 0.101. The van der Waals surface area contributed by atoms with Crippen molar-refractivity contribution >= 4 is 0 Å². The van der Waals surface area contributed by atoms with Gasteiger partial charge in [-0.15, -0.1) is 0 Å². The number of rotatable bonds is 10. The van der Waals surface area contributed by atoms with Crippen molar-refractivity contribution in [2.45, 2.75) is 26.9 Å². The number of aliphatic hydroxyl groups excluding tert-OH is 1. The van der Waals surface area contributed by atoms with E-state index in [1.165, 1.54) is 0 Å². The number of benzene rings is 1. The van der Waals surface area contributed by atoms with Crippen LogP contribution in [0.1, 0.15) is 18.1 Å². The molecular weight excluding hydrogens is 266 g/mol. The van der Waals surface area contributed by atoms with Gasteiger partial charge in [0.1, 0.15) is 18.5 Å². The number of aryl methyl sites for hydroxylation is 2. The molecule has 2 N–H and O–H groups in total. The van der Waals surface area contributed by atoms with Gasteiger partial charge in [0.25, 0.3) is 0 Å². The van der Waals surface area contributed by atoms with Crippen molar-refractivity contribution < 1.29 is 14.6 Å². The van der Waals surface area contributed by atoms with Gasteiger partial charge in [-0.2, -0.15) is 0 Å². The molecule has 0 aliphatic rings. The molecule has 1 rings (SSSR count). The van der Waals surface area contributed by atoms with E-state index in [-0.39, 0.29) is 6.61 Å². The van der Waals surface area contributed by atoms with Gasteiger partial charge in [0.2, 0.25) is 0 Å². The SMILES string of the molecule is C=C(C)COCCNCC(O)COc1c(C)cccc1C. The summed E-state index contributed by atoms with van der Waals surface area (Å²) >= 11 is 0. The second kappa shape index (κ2) is 9.55. The highest BCUT2D eigenvalue weighted by molar-refractivity contribution is 5.39. The van der Waals surface area contributed by atoms with Crippen molar-refractivity contribution in [3.05, 3.63) is 41.5 Å². The molecule has 1 aromatic carbocycles. The van der Waals surface area contributed by atoms with Crippen LogP contribution in [0.2, 0.25) is 0 Å². The molecule has 0 heterocycles. The Morgan fingerprint density at radius 3 is 2.62 bits per heavy atom. The predicted molar refractivity (Wildman–Crippen MR) is 85.9 cm³/mol. The van der Waals surface area contributed by atoms with E-state index >= 15 is 0 Å². The summed E-state index contributed by atoms with van der Waals surface area (Å²) in [5.41, 5.74) is 3.18. The van der Waals surface area contributed by atoms with Crippen LogP contribution in [0, 0.1) is 13.8 Å². The molecule has 0 radical (unpaired) electrons. The highest BCUT2D eigenvalue weighted by Gasteiger charge is 2.08. The van der Waals surface area contributed by atoms with E-state index in [0.717, 1.165) is 22.4 Å². The highest BCUT2D eigenvalue weighted by atomic mass is 16.5. The third kappa shape index (κ3) is 7.27. The molecule has 1 aromatic rings. The first-order valence-corrected chi connectivity index (χ1v) is 7.30. The van der Waals surface area contributed by atoms with E-state index < -0.39 is 6.10 Å². The summed E-state index contributed by atoms with van der Waals surface area (Å²) in [5, 5.41) is 13.0. The fourth-order valence-electron chi connectivity index (χ4n) is 1.92. The van der Waals surface area contributed by atoms with Gasteiger partial charge in [-0.05, 0) is 31.9 Å². The first kappa shape index (κ1) is 17.7. The van der Waals surface area contributed by atoms with Crippen molar-refractivity contribution in [2.24, 2.45) is 0 Å².